The standard InChI is InChI=1S/C15H11BrO2S2/c1-8-5-11(18-2)9(6-10(8)16)15(17)14-7-13-12(20-14)3-4-19-13/h3-7H,1-2H3. The Hall–Kier alpha value is -1.17. The lowest BCUT2D eigenvalue weighted by Crippen LogP contribution is -2.02. The zero-order valence-corrected chi connectivity index (χ0v) is 14.1. The highest BCUT2D eigenvalue weighted by Crippen LogP contribution is 2.34. The smallest absolute Gasteiger partial charge is 0.206 e. The molecule has 0 N–H and O–H groups in total. The van der Waals surface area contributed by atoms with E-state index in [0.29, 0.717) is 11.3 Å². The van der Waals surface area contributed by atoms with Crippen molar-refractivity contribution >= 4 is 53.8 Å². The summed E-state index contributed by atoms with van der Waals surface area (Å²) in [5, 5.41) is 2.04. The van der Waals surface area contributed by atoms with Gasteiger partial charge in [-0.3, -0.25) is 4.79 Å². The molecule has 0 aliphatic rings. The minimum atomic E-state index is 0.0101. The normalized spacial score (nSPS) is 10.9. The maximum Gasteiger partial charge on any atom is 0.206 e. The molecule has 0 spiro atoms. The van der Waals surface area contributed by atoms with E-state index in [1.165, 1.54) is 11.3 Å². The van der Waals surface area contributed by atoms with E-state index < -0.39 is 0 Å². The molecular formula is C15H11BrO2S2. The summed E-state index contributed by atoms with van der Waals surface area (Å²) in [5.41, 5.74) is 1.64. The molecule has 102 valence electrons. The first-order chi connectivity index (χ1) is 9.60. The molecule has 0 atom stereocenters. The van der Waals surface area contributed by atoms with Crippen molar-refractivity contribution in [2.45, 2.75) is 6.92 Å². The number of methoxy groups -OCH3 is 1. The summed E-state index contributed by atoms with van der Waals surface area (Å²) in [4.78, 5) is 13.4. The van der Waals surface area contributed by atoms with Gasteiger partial charge >= 0.3 is 0 Å². The second kappa shape index (κ2) is 5.31. The Morgan fingerprint density at radius 3 is 2.75 bits per heavy atom. The second-order valence-electron chi connectivity index (χ2n) is 4.39. The van der Waals surface area contributed by atoms with E-state index in [4.69, 9.17) is 4.74 Å². The number of ketones is 1. The summed E-state index contributed by atoms with van der Waals surface area (Å²) in [7, 11) is 1.59. The van der Waals surface area contributed by atoms with Crippen LogP contribution in [0.15, 0.2) is 34.1 Å². The quantitative estimate of drug-likeness (QED) is 0.589. The predicted molar refractivity (Wildman–Crippen MR) is 88.6 cm³/mol. The SMILES string of the molecule is COc1cc(C)c(Br)cc1C(=O)c1cc2sccc2s1. The molecule has 0 aliphatic carbocycles. The van der Waals surface area contributed by atoms with Crippen molar-refractivity contribution in [2.75, 3.05) is 7.11 Å². The molecule has 3 aromatic rings. The van der Waals surface area contributed by atoms with E-state index >= 15 is 0 Å². The first kappa shape index (κ1) is 13.8. The van der Waals surface area contributed by atoms with Crippen LogP contribution in [0.2, 0.25) is 0 Å². The molecule has 0 radical (unpaired) electrons. The number of benzene rings is 1. The van der Waals surface area contributed by atoms with Crippen LogP contribution in [0.5, 0.6) is 5.75 Å². The molecule has 0 amide bonds. The van der Waals surface area contributed by atoms with Crippen LogP contribution in [0.1, 0.15) is 20.8 Å². The Morgan fingerprint density at radius 2 is 2.05 bits per heavy atom. The fraction of sp³-hybridized carbons (Fsp3) is 0.133. The van der Waals surface area contributed by atoms with E-state index in [1.807, 2.05) is 36.6 Å². The molecule has 0 saturated carbocycles. The van der Waals surface area contributed by atoms with Crippen molar-refractivity contribution in [1.82, 2.24) is 0 Å². The number of hydrogen-bond donors (Lipinski definition) is 0. The summed E-state index contributed by atoms with van der Waals surface area (Å²) in [6.45, 7) is 1.97. The maximum atomic E-state index is 12.7. The molecule has 1 aromatic carbocycles. The Labute approximate surface area is 133 Å². The summed E-state index contributed by atoms with van der Waals surface area (Å²) < 4.78 is 8.57. The van der Waals surface area contributed by atoms with E-state index in [9.17, 15) is 4.79 Å². The molecule has 0 saturated heterocycles. The van der Waals surface area contributed by atoms with E-state index in [0.717, 1.165) is 24.3 Å². The Balaban J connectivity index is 2.10. The molecule has 2 heterocycles. The molecule has 0 aliphatic heterocycles. The van der Waals surface area contributed by atoms with Gasteiger partial charge in [-0.05, 0) is 42.1 Å². The number of halogens is 1. The number of ether oxygens (including phenoxy) is 1. The Bertz CT molecular complexity index is 773. The summed E-state index contributed by atoms with van der Waals surface area (Å²) >= 11 is 6.66. The number of carbonyl (C=O) groups is 1. The molecule has 2 nitrogen and oxygen atoms in total. The maximum absolute atomic E-state index is 12.7. The van der Waals surface area contributed by atoms with Crippen LogP contribution >= 0.6 is 38.6 Å². The van der Waals surface area contributed by atoms with Crippen molar-refractivity contribution in [2.24, 2.45) is 0 Å². The van der Waals surface area contributed by atoms with Crippen molar-refractivity contribution in [1.29, 1.82) is 0 Å². The summed E-state index contributed by atoms with van der Waals surface area (Å²) in [6, 6.07) is 7.72. The van der Waals surface area contributed by atoms with Gasteiger partial charge in [-0.1, -0.05) is 15.9 Å². The van der Waals surface area contributed by atoms with Crippen LogP contribution in [0.4, 0.5) is 0 Å². The molecule has 20 heavy (non-hydrogen) atoms. The monoisotopic (exact) mass is 366 g/mol. The predicted octanol–water partition coefficient (Wildman–Crippen LogP) is 5.27. The molecule has 2 aromatic heterocycles. The van der Waals surface area contributed by atoms with Crippen molar-refractivity contribution in [3.8, 4) is 5.75 Å². The highest BCUT2D eigenvalue weighted by atomic mass is 79.9. The van der Waals surface area contributed by atoms with E-state index in [1.54, 1.807) is 18.4 Å². The van der Waals surface area contributed by atoms with Gasteiger partial charge in [0.25, 0.3) is 0 Å². The lowest BCUT2D eigenvalue weighted by Gasteiger charge is -2.09. The van der Waals surface area contributed by atoms with Gasteiger partial charge in [-0.15, -0.1) is 22.7 Å². The fourth-order valence-corrected chi connectivity index (χ4v) is 4.42. The average molecular weight is 367 g/mol. The van der Waals surface area contributed by atoms with Crippen LogP contribution in [0.25, 0.3) is 9.40 Å². The number of fused-ring (bicyclic) bond motifs is 1. The van der Waals surface area contributed by atoms with Gasteiger partial charge in [-0.2, -0.15) is 0 Å². The average Bonchev–Trinajstić information content (AvgIpc) is 3.01. The first-order valence-corrected chi connectivity index (χ1v) is 8.45. The van der Waals surface area contributed by atoms with Gasteiger partial charge in [0.1, 0.15) is 5.75 Å². The van der Waals surface area contributed by atoms with Crippen LogP contribution in [0.3, 0.4) is 0 Å². The van der Waals surface area contributed by atoms with Gasteiger partial charge in [0.05, 0.1) is 17.6 Å². The number of thiophene rings is 2. The van der Waals surface area contributed by atoms with Crippen molar-refractivity contribution in [3.63, 3.8) is 0 Å². The molecule has 5 heteroatoms. The lowest BCUT2D eigenvalue weighted by atomic mass is 10.1. The summed E-state index contributed by atoms with van der Waals surface area (Å²) in [6.07, 6.45) is 0. The number of carbonyl (C=O) groups excluding carboxylic acids is 1. The lowest BCUT2D eigenvalue weighted by molar-refractivity contribution is 0.103. The highest BCUT2D eigenvalue weighted by molar-refractivity contribution is 9.10. The molecule has 0 unspecified atom stereocenters. The van der Waals surface area contributed by atoms with E-state index in [2.05, 4.69) is 15.9 Å². The van der Waals surface area contributed by atoms with E-state index in [-0.39, 0.29) is 5.78 Å². The topological polar surface area (TPSA) is 26.3 Å². The van der Waals surface area contributed by atoms with Crippen LogP contribution in [0, 0.1) is 6.92 Å². The van der Waals surface area contributed by atoms with Gasteiger partial charge in [0, 0.05) is 13.9 Å². The van der Waals surface area contributed by atoms with Gasteiger partial charge in [0.2, 0.25) is 5.78 Å². The van der Waals surface area contributed by atoms with Crippen LogP contribution < -0.4 is 4.74 Å². The zero-order chi connectivity index (χ0) is 14.3. The molecule has 3 rings (SSSR count). The van der Waals surface area contributed by atoms with Crippen molar-refractivity contribution in [3.05, 3.63) is 50.1 Å². The molecule has 0 bridgehead atoms. The third-order valence-corrected chi connectivity index (χ3v) is 6.04. The fourth-order valence-electron chi connectivity index (χ4n) is 2.01. The summed E-state index contributed by atoms with van der Waals surface area (Å²) in [5.74, 6) is 0.628. The van der Waals surface area contributed by atoms with Gasteiger partial charge < -0.3 is 4.74 Å². The Kier molecular flexibility index (Phi) is 3.67. The number of hydrogen-bond acceptors (Lipinski definition) is 4. The Morgan fingerprint density at radius 1 is 1.25 bits per heavy atom. The third kappa shape index (κ3) is 2.30. The third-order valence-electron chi connectivity index (χ3n) is 3.09. The minimum Gasteiger partial charge on any atom is -0.496 e. The van der Waals surface area contributed by atoms with Crippen LogP contribution in [-0.2, 0) is 0 Å². The molecular weight excluding hydrogens is 356 g/mol. The molecule has 0 fully saturated rings. The first-order valence-electron chi connectivity index (χ1n) is 5.96. The largest absolute Gasteiger partial charge is 0.496 e. The zero-order valence-electron chi connectivity index (χ0n) is 10.9. The number of aryl methyl sites for hydroxylation is 1. The minimum absolute atomic E-state index is 0.0101. The number of rotatable bonds is 3. The van der Waals surface area contributed by atoms with Crippen molar-refractivity contribution < 1.29 is 9.53 Å². The van der Waals surface area contributed by atoms with Crippen LogP contribution in [-0.4, -0.2) is 12.9 Å². The second-order valence-corrected chi connectivity index (χ2v) is 7.28. The van der Waals surface area contributed by atoms with Gasteiger partial charge in [-0.25, -0.2) is 0 Å². The van der Waals surface area contributed by atoms with Gasteiger partial charge in [0.15, 0.2) is 0 Å². The highest BCUT2D eigenvalue weighted by Gasteiger charge is 2.18.